The number of nitrogens with zero attached hydrogens (tertiary/aromatic N) is 5. The van der Waals surface area contributed by atoms with Crippen molar-refractivity contribution in [1.82, 2.24) is 17.2 Å². The quantitative estimate of drug-likeness (QED) is 0.263. The Balaban J connectivity index is 0.000000191. The zero-order chi connectivity index (χ0) is 32.6. The summed E-state index contributed by atoms with van der Waals surface area (Å²) < 4.78 is 91.2. The SMILES string of the molecule is CN1CC2C[C@@H](Oc3cc(F)cc([N+](=O)[O-])c3)CN2S1(=O)=O.CN1CC2C[C@@H](Oc3cc(N)cc(F)c3)CN2S1(=O)=O.CO. The second kappa shape index (κ2) is 13.0. The lowest BCUT2D eigenvalue weighted by Crippen LogP contribution is -2.33. The maximum atomic E-state index is 13.4. The van der Waals surface area contributed by atoms with Gasteiger partial charge in [-0.2, -0.15) is 34.1 Å². The van der Waals surface area contributed by atoms with Gasteiger partial charge in [-0.25, -0.2) is 8.78 Å². The number of hydrogen-bond acceptors (Lipinski definition) is 10. The number of nitro groups is 1. The molecule has 2 aromatic carbocycles. The molecule has 4 aliphatic heterocycles. The fraction of sp³-hybridized carbons (Fsp3) is 0.520. The third-order valence-corrected chi connectivity index (χ3v) is 11.5. The second-order valence-corrected chi connectivity index (χ2v) is 14.6. The van der Waals surface area contributed by atoms with Gasteiger partial charge < -0.3 is 20.3 Å². The van der Waals surface area contributed by atoms with Crippen molar-refractivity contribution in [2.75, 3.05) is 53.1 Å². The molecule has 4 heterocycles. The number of ether oxygens (including phenoxy) is 2. The van der Waals surface area contributed by atoms with Crippen LogP contribution in [0.2, 0.25) is 0 Å². The number of non-ortho nitro benzene ring substituents is 1. The van der Waals surface area contributed by atoms with Gasteiger partial charge in [0, 0.05) is 83.1 Å². The number of nitrogen functional groups attached to an aromatic ring is 1. The first kappa shape index (κ1) is 33.7. The highest BCUT2D eigenvalue weighted by atomic mass is 32.2. The predicted octanol–water partition coefficient (Wildman–Crippen LogP) is 0.774. The Morgan fingerprint density at radius 1 is 0.795 bits per heavy atom. The van der Waals surface area contributed by atoms with E-state index in [0.717, 1.165) is 25.3 Å². The van der Waals surface area contributed by atoms with Crippen LogP contribution < -0.4 is 15.2 Å². The largest absolute Gasteiger partial charge is 0.489 e. The third kappa shape index (κ3) is 7.03. The van der Waals surface area contributed by atoms with Crippen molar-refractivity contribution in [3.63, 3.8) is 0 Å². The van der Waals surface area contributed by atoms with Gasteiger partial charge in [0.2, 0.25) is 0 Å². The molecule has 44 heavy (non-hydrogen) atoms. The van der Waals surface area contributed by atoms with E-state index in [9.17, 15) is 35.7 Å². The van der Waals surface area contributed by atoms with E-state index in [1.165, 1.54) is 42.5 Å². The molecule has 2 aromatic rings. The first-order chi connectivity index (χ1) is 20.6. The Bertz CT molecular complexity index is 1580. The Hall–Kier alpha value is -3.20. The Morgan fingerprint density at radius 2 is 1.23 bits per heavy atom. The standard InChI is InChI=1S/C12H14FN3O5S.C12H16FN3O3S.CH4O/c1-14-6-10-5-12(7-15(10)22(14,19)20)21-11-3-8(13)2-9(4-11)16(17)18;1-15-6-10-5-12(7-16(10)20(15,17)18)19-11-3-8(13)2-9(14)4-11;1-2/h2-4,10,12H,5-7H2,1H3;2-4,10,12H,5-7,14H2,1H3;2H,1H3/t2*10?,12-;/m11./s1. The number of rotatable bonds is 5. The number of benzene rings is 2. The molecule has 3 N–H and O–H groups in total. The summed E-state index contributed by atoms with van der Waals surface area (Å²) in [6.07, 6.45) is 0.341. The summed E-state index contributed by atoms with van der Waals surface area (Å²) in [4.78, 5) is 10.0. The first-order valence-electron chi connectivity index (χ1n) is 13.4. The van der Waals surface area contributed by atoms with Crippen molar-refractivity contribution in [3.05, 3.63) is 58.1 Å². The highest BCUT2D eigenvalue weighted by molar-refractivity contribution is 7.87. The molecule has 19 heteroatoms. The lowest BCUT2D eigenvalue weighted by molar-refractivity contribution is -0.385. The summed E-state index contributed by atoms with van der Waals surface area (Å²) >= 11 is 0. The summed E-state index contributed by atoms with van der Waals surface area (Å²) in [5, 5.41) is 17.7. The molecule has 244 valence electrons. The Labute approximate surface area is 253 Å². The molecule has 0 aromatic heterocycles. The molecule has 15 nitrogen and oxygen atoms in total. The van der Waals surface area contributed by atoms with E-state index in [4.69, 9.17) is 20.3 Å². The van der Waals surface area contributed by atoms with Gasteiger partial charge in [0.15, 0.2) is 0 Å². The van der Waals surface area contributed by atoms with Crippen LogP contribution in [0.25, 0.3) is 0 Å². The molecule has 2 unspecified atom stereocenters. The lowest BCUT2D eigenvalue weighted by Gasteiger charge is -2.17. The monoisotopic (exact) mass is 664 g/mol. The zero-order valence-electron chi connectivity index (χ0n) is 24.1. The summed E-state index contributed by atoms with van der Waals surface area (Å²) in [6.45, 7) is 1.29. The maximum Gasteiger partial charge on any atom is 0.282 e. The molecule has 0 saturated carbocycles. The Kier molecular flexibility index (Phi) is 9.98. The van der Waals surface area contributed by atoms with Crippen LogP contribution in [-0.4, -0.2) is 116 Å². The molecule has 0 bridgehead atoms. The molecule has 0 radical (unpaired) electrons. The topological polar surface area (TPSA) is 189 Å². The molecular weight excluding hydrogens is 630 g/mol. The number of aliphatic hydroxyl groups excluding tert-OH is 1. The summed E-state index contributed by atoms with van der Waals surface area (Å²) in [7, 11) is -2.73. The van der Waals surface area contributed by atoms with Crippen LogP contribution >= 0.6 is 0 Å². The van der Waals surface area contributed by atoms with Gasteiger partial charge in [-0.15, -0.1) is 0 Å². The normalized spacial score (nSPS) is 27.4. The predicted molar refractivity (Wildman–Crippen MR) is 154 cm³/mol. The average molecular weight is 665 g/mol. The molecule has 4 saturated heterocycles. The molecule has 4 fully saturated rings. The summed E-state index contributed by atoms with van der Waals surface area (Å²) in [5.74, 6) is -0.871. The van der Waals surface area contributed by atoms with E-state index in [1.54, 1.807) is 7.05 Å². The van der Waals surface area contributed by atoms with Crippen molar-refractivity contribution in [3.8, 4) is 11.5 Å². The lowest BCUT2D eigenvalue weighted by atomic mass is 10.2. The van der Waals surface area contributed by atoms with E-state index in [0.29, 0.717) is 31.7 Å². The average Bonchev–Trinajstić information content (AvgIpc) is 3.62. The van der Waals surface area contributed by atoms with Gasteiger partial charge >= 0.3 is 0 Å². The number of halogens is 2. The summed E-state index contributed by atoms with van der Waals surface area (Å²) in [6, 6.07) is 6.74. The van der Waals surface area contributed by atoms with E-state index in [1.807, 2.05) is 0 Å². The molecule has 0 aliphatic carbocycles. The van der Waals surface area contributed by atoms with E-state index >= 15 is 0 Å². The van der Waals surface area contributed by atoms with Crippen LogP contribution in [0, 0.1) is 21.7 Å². The van der Waals surface area contributed by atoms with Crippen LogP contribution in [0.5, 0.6) is 11.5 Å². The van der Waals surface area contributed by atoms with Gasteiger partial charge in [-0.3, -0.25) is 10.1 Å². The highest BCUT2D eigenvalue weighted by Gasteiger charge is 2.49. The number of likely N-dealkylation sites (N-methyl/N-ethyl adjacent to an activating group) is 2. The van der Waals surface area contributed by atoms with Crippen LogP contribution in [-0.2, 0) is 20.4 Å². The fourth-order valence-electron chi connectivity index (χ4n) is 5.66. The number of hydrogen-bond donors (Lipinski definition) is 2. The van der Waals surface area contributed by atoms with Crippen LogP contribution in [0.1, 0.15) is 12.8 Å². The van der Waals surface area contributed by atoms with Crippen molar-refractivity contribution in [2.45, 2.75) is 37.1 Å². The number of nitro benzene ring substituents is 1. The molecular formula is C25H34F2N6O9S2. The zero-order valence-corrected chi connectivity index (χ0v) is 25.7. The van der Waals surface area contributed by atoms with Crippen LogP contribution in [0.4, 0.5) is 20.2 Å². The number of fused-ring (bicyclic) bond motifs is 2. The number of anilines is 1. The van der Waals surface area contributed by atoms with Crippen LogP contribution in [0.15, 0.2) is 36.4 Å². The van der Waals surface area contributed by atoms with Gasteiger partial charge in [0.05, 0.1) is 30.1 Å². The fourth-order valence-corrected chi connectivity index (χ4v) is 8.86. The molecule has 0 amide bonds. The van der Waals surface area contributed by atoms with Gasteiger partial charge in [0.25, 0.3) is 26.1 Å². The minimum Gasteiger partial charge on any atom is -0.489 e. The smallest absolute Gasteiger partial charge is 0.282 e. The van der Waals surface area contributed by atoms with Crippen molar-refractivity contribution in [1.29, 1.82) is 0 Å². The number of aliphatic hydroxyl groups is 1. The van der Waals surface area contributed by atoms with Crippen molar-refractivity contribution in [2.24, 2.45) is 0 Å². The van der Waals surface area contributed by atoms with Crippen molar-refractivity contribution < 1.29 is 45.1 Å². The highest BCUT2D eigenvalue weighted by Crippen LogP contribution is 2.34. The van der Waals surface area contributed by atoms with E-state index in [2.05, 4.69) is 0 Å². The molecule has 0 spiro atoms. The molecule has 6 rings (SSSR count). The van der Waals surface area contributed by atoms with Gasteiger partial charge in [0.1, 0.15) is 35.3 Å². The molecule has 4 atom stereocenters. The summed E-state index contributed by atoms with van der Waals surface area (Å²) in [5.41, 5.74) is 5.44. The minimum atomic E-state index is -3.45. The molecule has 4 aliphatic rings. The van der Waals surface area contributed by atoms with Gasteiger partial charge in [-0.1, -0.05) is 0 Å². The number of nitrogens with two attached hydrogens (primary N) is 1. The second-order valence-electron chi connectivity index (χ2n) is 10.6. The van der Waals surface area contributed by atoms with Gasteiger partial charge in [-0.05, 0) is 6.07 Å². The van der Waals surface area contributed by atoms with E-state index < -0.39 is 48.8 Å². The van der Waals surface area contributed by atoms with Crippen LogP contribution in [0.3, 0.4) is 0 Å². The van der Waals surface area contributed by atoms with Crippen molar-refractivity contribution >= 4 is 31.8 Å². The minimum absolute atomic E-state index is 0.0311. The first-order valence-corrected chi connectivity index (χ1v) is 16.2. The Morgan fingerprint density at radius 3 is 1.64 bits per heavy atom. The third-order valence-electron chi connectivity index (χ3n) is 7.53. The maximum absolute atomic E-state index is 13.4. The van der Waals surface area contributed by atoms with E-state index in [-0.39, 0.29) is 42.7 Å².